The molecule has 0 fully saturated rings. The summed E-state index contributed by atoms with van der Waals surface area (Å²) in [6.45, 7) is 3.75. The summed E-state index contributed by atoms with van der Waals surface area (Å²) >= 11 is 0. The summed E-state index contributed by atoms with van der Waals surface area (Å²) in [5, 5.41) is 14.9. The lowest BCUT2D eigenvalue weighted by atomic mass is 10.3. The Balaban J connectivity index is 2.50. The third kappa shape index (κ3) is 3.62. The van der Waals surface area contributed by atoms with Crippen LogP contribution in [0.25, 0.3) is 0 Å². The van der Waals surface area contributed by atoms with Crippen molar-refractivity contribution < 1.29 is 5.11 Å². The molecule has 0 aliphatic carbocycles. The number of rotatable bonds is 6. The lowest BCUT2D eigenvalue weighted by molar-refractivity contribution is 0.311. The molecule has 0 bridgehead atoms. The summed E-state index contributed by atoms with van der Waals surface area (Å²) in [4.78, 5) is 4.08. The van der Waals surface area contributed by atoms with Crippen LogP contribution in [0.5, 0.6) is 0 Å². The third-order valence-corrected chi connectivity index (χ3v) is 1.76. The van der Waals surface area contributed by atoms with Crippen molar-refractivity contribution in [3.8, 4) is 0 Å². The zero-order valence-corrected chi connectivity index (χ0v) is 8.45. The van der Waals surface area contributed by atoms with Crippen LogP contribution in [0, 0.1) is 0 Å². The zero-order valence-electron chi connectivity index (χ0n) is 8.45. The largest absolute Gasteiger partial charge is 0.395 e. The number of aliphatic hydroxyl groups excluding tert-OH is 1. The summed E-state index contributed by atoms with van der Waals surface area (Å²) in [5.74, 6) is 0. The number of pyridine rings is 1. The van der Waals surface area contributed by atoms with E-state index in [9.17, 15) is 0 Å². The van der Waals surface area contributed by atoms with E-state index in [4.69, 9.17) is 5.11 Å². The Morgan fingerprint density at radius 2 is 1.86 bits per heavy atom. The smallest absolute Gasteiger partial charge is 0.0604 e. The number of anilines is 2. The van der Waals surface area contributed by atoms with Crippen LogP contribution in [0.15, 0.2) is 18.5 Å². The summed E-state index contributed by atoms with van der Waals surface area (Å²) in [7, 11) is 0. The van der Waals surface area contributed by atoms with E-state index in [1.165, 1.54) is 0 Å². The van der Waals surface area contributed by atoms with Crippen LogP contribution in [0.1, 0.15) is 13.3 Å². The Hall–Kier alpha value is -1.29. The Morgan fingerprint density at radius 3 is 2.43 bits per heavy atom. The number of nitrogens with zero attached hydrogens (tertiary/aromatic N) is 1. The second kappa shape index (κ2) is 6.21. The highest BCUT2D eigenvalue weighted by atomic mass is 16.3. The van der Waals surface area contributed by atoms with Crippen LogP contribution >= 0.6 is 0 Å². The molecule has 0 unspecified atom stereocenters. The standard InChI is InChI=1S/C10H17N3O/c1-2-3-12-9-6-10(8-11-7-9)13-4-5-14/h6-8,12-14H,2-5H2,1H3. The van der Waals surface area contributed by atoms with Gasteiger partial charge in [0.05, 0.1) is 30.4 Å². The molecule has 1 aromatic rings. The van der Waals surface area contributed by atoms with Crippen LogP contribution in [-0.4, -0.2) is 29.8 Å². The maximum absolute atomic E-state index is 8.64. The van der Waals surface area contributed by atoms with Gasteiger partial charge in [0.1, 0.15) is 0 Å². The Bertz CT molecular complexity index is 242. The SMILES string of the molecule is CCCNc1cncc(NCCO)c1. The van der Waals surface area contributed by atoms with E-state index in [0.29, 0.717) is 6.54 Å². The average Bonchev–Trinajstić information content (AvgIpc) is 2.24. The van der Waals surface area contributed by atoms with E-state index in [-0.39, 0.29) is 6.61 Å². The highest BCUT2D eigenvalue weighted by molar-refractivity contribution is 5.53. The molecule has 0 spiro atoms. The normalized spacial score (nSPS) is 9.86. The fourth-order valence-electron chi connectivity index (χ4n) is 1.10. The summed E-state index contributed by atoms with van der Waals surface area (Å²) < 4.78 is 0. The van der Waals surface area contributed by atoms with Crippen molar-refractivity contribution in [3.05, 3.63) is 18.5 Å². The van der Waals surface area contributed by atoms with Crippen molar-refractivity contribution in [1.29, 1.82) is 0 Å². The predicted octanol–water partition coefficient (Wildman–Crippen LogP) is 1.31. The molecule has 0 aromatic carbocycles. The molecule has 14 heavy (non-hydrogen) atoms. The lowest BCUT2D eigenvalue weighted by Crippen LogP contribution is -2.06. The van der Waals surface area contributed by atoms with E-state index < -0.39 is 0 Å². The van der Waals surface area contributed by atoms with Crippen LogP contribution in [0.4, 0.5) is 11.4 Å². The average molecular weight is 195 g/mol. The molecule has 4 nitrogen and oxygen atoms in total. The quantitative estimate of drug-likeness (QED) is 0.640. The number of aromatic nitrogens is 1. The van der Waals surface area contributed by atoms with Gasteiger partial charge >= 0.3 is 0 Å². The number of nitrogens with one attached hydrogen (secondary N) is 2. The van der Waals surface area contributed by atoms with Gasteiger partial charge in [0.2, 0.25) is 0 Å². The van der Waals surface area contributed by atoms with Crippen molar-refractivity contribution in [2.45, 2.75) is 13.3 Å². The molecule has 1 aromatic heterocycles. The van der Waals surface area contributed by atoms with E-state index in [1.807, 2.05) is 6.07 Å². The number of hydrogen-bond donors (Lipinski definition) is 3. The van der Waals surface area contributed by atoms with Crippen LogP contribution in [0.2, 0.25) is 0 Å². The topological polar surface area (TPSA) is 57.2 Å². The van der Waals surface area contributed by atoms with Gasteiger partial charge < -0.3 is 15.7 Å². The minimum atomic E-state index is 0.132. The highest BCUT2D eigenvalue weighted by Gasteiger charge is 1.94. The second-order valence-electron chi connectivity index (χ2n) is 3.04. The van der Waals surface area contributed by atoms with Gasteiger partial charge in [0.25, 0.3) is 0 Å². The van der Waals surface area contributed by atoms with Gasteiger partial charge in [0, 0.05) is 13.1 Å². The van der Waals surface area contributed by atoms with E-state index in [2.05, 4.69) is 22.5 Å². The van der Waals surface area contributed by atoms with Gasteiger partial charge in [0.15, 0.2) is 0 Å². The first kappa shape index (κ1) is 10.8. The van der Waals surface area contributed by atoms with Gasteiger partial charge in [-0.05, 0) is 12.5 Å². The first-order valence-electron chi connectivity index (χ1n) is 4.90. The monoisotopic (exact) mass is 195 g/mol. The fraction of sp³-hybridized carbons (Fsp3) is 0.500. The molecule has 0 aliphatic rings. The molecule has 0 aliphatic heterocycles. The molecule has 0 radical (unpaired) electrons. The van der Waals surface area contributed by atoms with Crippen LogP contribution < -0.4 is 10.6 Å². The molecule has 1 heterocycles. The van der Waals surface area contributed by atoms with Crippen molar-refractivity contribution in [1.82, 2.24) is 4.98 Å². The zero-order chi connectivity index (χ0) is 10.2. The van der Waals surface area contributed by atoms with Crippen LogP contribution in [0.3, 0.4) is 0 Å². The molecular weight excluding hydrogens is 178 g/mol. The second-order valence-corrected chi connectivity index (χ2v) is 3.04. The molecule has 4 heteroatoms. The van der Waals surface area contributed by atoms with Crippen molar-refractivity contribution in [2.75, 3.05) is 30.3 Å². The molecule has 0 amide bonds. The summed E-state index contributed by atoms with van der Waals surface area (Å²) in [5.41, 5.74) is 1.94. The molecule has 0 saturated carbocycles. The van der Waals surface area contributed by atoms with Crippen molar-refractivity contribution in [2.24, 2.45) is 0 Å². The van der Waals surface area contributed by atoms with E-state index in [1.54, 1.807) is 12.4 Å². The Kier molecular flexibility index (Phi) is 4.78. The molecule has 78 valence electrons. The van der Waals surface area contributed by atoms with Crippen molar-refractivity contribution in [3.63, 3.8) is 0 Å². The molecule has 0 atom stereocenters. The maximum Gasteiger partial charge on any atom is 0.0604 e. The third-order valence-electron chi connectivity index (χ3n) is 1.76. The summed E-state index contributed by atoms with van der Waals surface area (Å²) in [6, 6.07) is 1.98. The first-order chi connectivity index (χ1) is 6.86. The first-order valence-corrected chi connectivity index (χ1v) is 4.90. The molecule has 0 saturated heterocycles. The fourth-order valence-corrected chi connectivity index (χ4v) is 1.10. The van der Waals surface area contributed by atoms with E-state index >= 15 is 0 Å². The lowest BCUT2D eigenvalue weighted by Gasteiger charge is -2.07. The van der Waals surface area contributed by atoms with Crippen LogP contribution in [-0.2, 0) is 0 Å². The van der Waals surface area contributed by atoms with Gasteiger partial charge in [-0.2, -0.15) is 0 Å². The van der Waals surface area contributed by atoms with E-state index in [0.717, 1.165) is 24.3 Å². The Morgan fingerprint density at radius 1 is 1.21 bits per heavy atom. The van der Waals surface area contributed by atoms with Gasteiger partial charge in [-0.15, -0.1) is 0 Å². The highest BCUT2D eigenvalue weighted by Crippen LogP contribution is 2.12. The summed E-state index contributed by atoms with van der Waals surface area (Å²) in [6.07, 6.45) is 4.63. The van der Waals surface area contributed by atoms with Gasteiger partial charge in [-0.1, -0.05) is 6.92 Å². The maximum atomic E-state index is 8.64. The minimum absolute atomic E-state index is 0.132. The van der Waals surface area contributed by atoms with Gasteiger partial charge in [-0.25, -0.2) is 0 Å². The molecule has 1 rings (SSSR count). The number of aliphatic hydroxyl groups is 1. The van der Waals surface area contributed by atoms with Crippen molar-refractivity contribution >= 4 is 11.4 Å². The van der Waals surface area contributed by atoms with Gasteiger partial charge in [-0.3, -0.25) is 4.98 Å². The molecule has 3 N–H and O–H groups in total. The number of hydrogen-bond acceptors (Lipinski definition) is 4. The Labute approximate surface area is 84.4 Å². The minimum Gasteiger partial charge on any atom is -0.395 e. The predicted molar refractivity (Wildman–Crippen MR) is 58.6 cm³/mol. The molecular formula is C10H17N3O.